The number of aromatic carboxylic acids is 1. The summed E-state index contributed by atoms with van der Waals surface area (Å²) in [5.74, 6) is -1.58. The molecule has 0 saturated heterocycles. The molecule has 0 aliphatic heterocycles. The minimum absolute atomic E-state index is 0.0523. The van der Waals surface area contributed by atoms with Crippen LogP contribution in [-0.2, 0) is 16.1 Å². The fourth-order valence-electron chi connectivity index (χ4n) is 1.40. The number of carboxylic acids is 1. The van der Waals surface area contributed by atoms with Crippen molar-refractivity contribution in [3.63, 3.8) is 0 Å². The van der Waals surface area contributed by atoms with Crippen molar-refractivity contribution < 1.29 is 19.5 Å². The first-order valence-electron chi connectivity index (χ1n) is 5.40. The summed E-state index contributed by atoms with van der Waals surface area (Å²) >= 11 is 0. The Bertz CT molecular complexity index is 453. The molecule has 0 unspecified atom stereocenters. The topological polar surface area (TPSA) is 100 Å². The van der Waals surface area contributed by atoms with Gasteiger partial charge in [-0.1, -0.05) is 0 Å². The zero-order valence-corrected chi connectivity index (χ0v) is 9.97. The molecule has 1 rings (SSSR count). The van der Waals surface area contributed by atoms with Crippen molar-refractivity contribution in [2.24, 2.45) is 0 Å². The maximum absolute atomic E-state index is 11.5. The SMILES string of the molecule is CNC(=O)CCNC(=O)Cn1cccc1C(=O)O. The van der Waals surface area contributed by atoms with Gasteiger partial charge in [0.25, 0.3) is 0 Å². The molecule has 0 aliphatic rings. The predicted octanol–water partition coefficient (Wildman–Crippen LogP) is -0.561. The molecule has 0 spiro atoms. The third-order valence-corrected chi connectivity index (χ3v) is 2.32. The molecule has 7 nitrogen and oxygen atoms in total. The minimum atomic E-state index is -1.09. The van der Waals surface area contributed by atoms with Gasteiger partial charge < -0.3 is 20.3 Å². The lowest BCUT2D eigenvalue weighted by Gasteiger charge is -2.07. The molecule has 98 valence electrons. The zero-order chi connectivity index (χ0) is 13.5. The van der Waals surface area contributed by atoms with Gasteiger partial charge in [0.1, 0.15) is 12.2 Å². The van der Waals surface area contributed by atoms with Crippen LogP contribution in [0.25, 0.3) is 0 Å². The molecule has 0 saturated carbocycles. The lowest BCUT2D eigenvalue weighted by molar-refractivity contribution is -0.122. The number of amides is 2. The van der Waals surface area contributed by atoms with E-state index in [0.717, 1.165) is 0 Å². The number of nitrogens with zero attached hydrogens (tertiary/aromatic N) is 1. The van der Waals surface area contributed by atoms with Crippen LogP contribution in [0.1, 0.15) is 16.9 Å². The highest BCUT2D eigenvalue weighted by Gasteiger charge is 2.11. The van der Waals surface area contributed by atoms with Crippen molar-refractivity contribution in [3.8, 4) is 0 Å². The molecule has 1 aromatic heterocycles. The number of nitrogens with one attached hydrogen (secondary N) is 2. The second kappa shape index (κ2) is 6.43. The Hall–Kier alpha value is -2.31. The summed E-state index contributed by atoms with van der Waals surface area (Å²) in [5, 5.41) is 13.8. The standard InChI is InChI=1S/C11H15N3O4/c1-12-9(15)4-5-13-10(16)7-14-6-2-3-8(14)11(17)18/h2-3,6H,4-5,7H2,1H3,(H,12,15)(H,13,16)(H,17,18). The Kier molecular flexibility index (Phi) is 4.91. The first-order valence-corrected chi connectivity index (χ1v) is 5.40. The maximum atomic E-state index is 11.5. The average Bonchev–Trinajstić information content (AvgIpc) is 2.76. The van der Waals surface area contributed by atoms with E-state index in [1.54, 1.807) is 6.07 Å². The van der Waals surface area contributed by atoms with Crippen molar-refractivity contribution in [2.45, 2.75) is 13.0 Å². The lowest BCUT2D eigenvalue weighted by atomic mass is 10.4. The van der Waals surface area contributed by atoms with Crippen LogP contribution >= 0.6 is 0 Å². The minimum Gasteiger partial charge on any atom is -0.477 e. The number of hydrogen-bond acceptors (Lipinski definition) is 3. The van der Waals surface area contributed by atoms with Gasteiger partial charge in [-0.15, -0.1) is 0 Å². The van der Waals surface area contributed by atoms with E-state index in [1.165, 1.54) is 23.9 Å². The number of rotatable bonds is 6. The van der Waals surface area contributed by atoms with Crippen LogP contribution in [0.15, 0.2) is 18.3 Å². The molecule has 0 aliphatic carbocycles. The van der Waals surface area contributed by atoms with Crippen molar-refractivity contribution in [1.82, 2.24) is 15.2 Å². The van der Waals surface area contributed by atoms with Crippen molar-refractivity contribution in [1.29, 1.82) is 0 Å². The van der Waals surface area contributed by atoms with Crippen molar-refractivity contribution in [3.05, 3.63) is 24.0 Å². The molecule has 0 radical (unpaired) electrons. The van der Waals surface area contributed by atoms with Gasteiger partial charge in [-0.3, -0.25) is 9.59 Å². The molecular weight excluding hydrogens is 238 g/mol. The van der Waals surface area contributed by atoms with E-state index in [0.29, 0.717) is 0 Å². The number of carbonyl (C=O) groups is 3. The molecule has 7 heteroatoms. The molecule has 1 heterocycles. The van der Waals surface area contributed by atoms with E-state index in [-0.39, 0.29) is 37.0 Å². The molecule has 0 atom stereocenters. The summed E-state index contributed by atoms with van der Waals surface area (Å²) in [5.41, 5.74) is 0.0523. The summed E-state index contributed by atoms with van der Waals surface area (Å²) in [6, 6.07) is 2.97. The molecule has 0 bridgehead atoms. The zero-order valence-electron chi connectivity index (χ0n) is 9.97. The summed E-state index contributed by atoms with van der Waals surface area (Å²) in [4.78, 5) is 33.2. The Labute approximate surface area is 104 Å². The smallest absolute Gasteiger partial charge is 0.352 e. The lowest BCUT2D eigenvalue weighted by Crippen LogP contribution is -2.32. The molecular formula is C11H15N3O4. The van der Waals surface area contributed by atoms with E-state index in [9.17, 15) is 14.4 Å². The fraction of sp³-hybridized carbons (Fsp3) is 0.364. The summed E-state index contributed by atoms with van der Waals surface area (Å²) in [7, 11) is 1.52. The third-order valence-electron chi connectivity index (χ3n) is 2.32. The normalized spacial score (nSPS) is 9.83. The summed E-state index contributed by atoms with van der Waals surface area (Å²) < 4.78 is 1.33. The van der Waals surface area contributed by atoms with E-state index in [2.05, 4.69) is 10.6 Å². The summed E-state index contributed by atoms with van der Waals surface area (Å²) in [6.45, 7) is 0.143. The number of carboxylic acid groups (broad SMARTS) is 1. The molecule has 1 aromatic rings. The van der Waals surface area contributed by atoms with Crippen LogP contribution in [0.5, 0.6) is 0 Å². The Morgan fingerprint density at radius 3 is 2.67 bits per heavy atom. The molecule has 18 heavy (non-hydrogen) atoms. The van der Waals surface area contributed by atoms with Gasteiger partial charge >= 0.3 is 5.97 Å². The monoisotopic (exact) mass is 253 g/mol. The second-order valence-corrected chi connectivity index (χ2v) is 3.60. The largest absolute Gasteiger partial charge is 0.477 e. The van der Waals surface area contributed by atoms with Crippen LogP contribution in [0.2, 0.25) is 0 Å². The van der Waals surface area contributed by atoms with E-state index in [1.807, 2.05) is 0 Å². The molecule has 0 fully saturated rings. The van der Waals surface area contributed by atoms with Crippen LogP contribution in [-0.4, -0.2) is 41.0 Å². The summed E-state index contributed by atoms with van der Waals surface area (Å²) in [6.07, 6.45) is 1.71. The van der Waals surface area contributed by atoms with Crippen LogP contribution in [0.4, 0.5) is 0 Å². The third kappa shape index (κ3) is 3.93. The van der Waals surface area contributed by atoms with Crippen LogP contribution < -0.4 is 10.6 Å². The van der Waals surface area contributed by atoms with Crippen molar-refractivity contribution in [2.75, 3.05) is 13.6 Å². The number of carbonyl (C=O) groups excluding carboxylic acids is 2. The highest BCUT2D eigenvalue weighted by atomic mass is 16.4. The number of aromatic nitrogens is 1. The van der Waals surface area contributed by atoms with Gasteiger partial charge in [0.2, 0.25) is 11.8 Å². The van der Waals surface area contributed by atoms with Crippen LogP contribution in [0, 0.1) is 0 Å². The predicted molar refractivity (Wildman–Crippen MR) is 63.1 cm³/mol. The Morgan fingerprint density at radius 1 is 1.33 bits per heavy atom. The molecule has 3 N–H and O–H groups in total. The fourth-order valence-corrected chi connectivity index (χ4v) is 1.40. The van der Waals surface area contributed by atoms with Gasteiger partial charge in [-0.2, -0.15) is 0 Å². The Balaban J connectivity index is 2.42. The first-order chi connectivity index (χ1) is 8.54. The van der Waals surface area contributed by atoms with Gasteiger partial charge in [-0.05, 0) is 12.1 Å². The van der Waals surface area contributed by atoms with Crippen molar-refractivity contribution >= 4 is 17.8 Å². The second-order valence-electron chi connectivity index (χ2n) is 3.60. The van der Waals surface area contributed by atoms with Gasteiger partial charge in [-0.25, -0.2) is 4.79 Å². The van der Waals surface area contributed by atoms with Gasteiger partial charge in [0.05, 0.1) is 0 Å². The van der Waals surface area contributed by atoms with E-state index >= 15 is 0 Å². The van der Waals surface area contributed by atoms with Gasteiger partial charge in [0.15, 0.2) is 0 Å². The Morgan fingerprint density at radius 2 is 2.06 bits per heavy atom. The average molecular weight is 253 g/mol. The number of hydrogen-bond donors (Lipinski definition) is 3. The molecule has 0 aromatic carbocycles. The molecule has 2 amide bonds. The quantitative estimate of drug-likeness (QED) is 0.632. The highest BCUT2D eigenvalue weighted by Crippen LogP contribution is 2.01. The maximum Gasteiger partial charge on any atom is 0.352 e. The first kappa shape index (κ1) is 13.8. The van der Waals surface area contributed by atoms with Crippen LogP contribution in [0.3, 0.4) is 0 Å². The van der Waals surface area contributed by atoms with E-state index < -0.39 is 5.97 Å². The highest BCUT2D eigenvalue weighted by molar-refractivity contribution is 5.87. The van der Waals surface area contributed by atoms with E-state index in [4.69, 9.17) is 5.11 Å². The van der Waals surface area contributed by atoms with Gasteiger partial charge in [0, 0.05) is 26.2 Å².